The van der Waals surface area contributed by atoms with E-state index in [2.05, 4.69) is 11.4 Å². The second-order valence-electron chi connectivity index (χ2n) is 6.27. The molecule has 0 saturated carbocycles. The number of nitriles is 1. The maximum Gasteiger partial charge on any atom is 0.319 e. The maximum atomic E-state index is 12.8. The summed E-state index contributed by atoms with van der Waals surface area (Å²) < 4.78 is 4.83. The van der Waals surface area contributed by atoms with E-state index >= 15 is 0 Å². The number of amides is 1. The summed E-state index contributed by atoms with van der Waals surface area (Å²) >= 11 is 13.3. The highest BCUT2D eigenvalue weighted by molar-refractivity contribution is 8.02. The number of rotatable bonds is 5. The Morgan fingerprint density at radius 3 is 2.55 bits per heavy atom. The molecule has 0 fully saturated rings. The number of esters is 1. The van der Waals surface area contributed by atoms with Gasteiger partial charge in [-0.25, -0.2) is 0 Å². The van der Waals surface area contributed by atoms with E-state index in [1.165, 1.54) is 18.9 Å². The van der Waals surface area contributed by atoms with Gasteiger partial charge in [0, 0.05) is 11.7 Å². The molecule has 3 rings (SSSR count). The van der Waals surface area contributed by atoms with E-state index in [9.17, 15) is 14.9 Å². The number of methoxy groups -OCH3 is 1. The monoisotopic (exact) mass is 446 g/mol. The van der Waals surface area contributed by atoms with Gasteiger partial charge in [-0.1, -0.05) is 59.6 Å². The third kappa shape index (κ3) is 4.59. The summed E-state index contributed by atoms with van der Waals surface area (Å²) in [6.07, 6.45) is 0. The molecule has 0 bridgehead atoms. The van der Waals surface area contributed by atoms with Crippen LogP contribution in [0.15, 0.2) is 59.1 Å². The Bertz CT molecular complexity index is 1020. The molecule has 148 valence electrons. The van der Waals surface area contributed by atoms with Crippen molar-refractivity contribution in [2.75, 3.05) is 7.11 Å². The lowest BCUT2D eigenvalue weighted by Gasteiger charge is -2.31. The van der Waals surface area contributed by atoms with Crippen LogP contribution in [0.1, 0.15) is 17.0 Å². The fraction of sp³-hybridized carbons (Fsp3) is 0.190. The van der Waals surface area contributed by atoms with Gasteiger partial charge in [0.1, 0.15) is 5.92 Å². The molecule has 1 aliphatic rings. The number of thioether (sulfide) groups is 1. The van der Waals surface area contributed by atoms with Crippen molar-refractivity contribution in [3.63, 3.8) is 0 Å². The molecule has 1 heterocycles. The largest absolute Gasteiger partial charge is 0.468 e. The van der Waals surface area contributed by atoms with Crippen LogP contribution in [0.25, 0.3) is 0 Å². The Labute approximate surface area is 182 Å². The number of benzene rings is 2. The second kappa shape index (κ2) is 9.36. The first-order chi connectivity index (χ1) is 14.0. The van der Waals surface area contributed by atoms with Gasteiger partial charge in [-0.3, -0.25) is 9.59 Å². The summed E-state index contributed by atoms with van der Waals surface area (Å²) in [6, 6.07) is 16.4. The molecule has 1 amide bonds. The predicted octanol–water partition coefficient (Wildman–Crippen LogP) is 4.66. The van der Waals surface area contributed by atoms with Gasteiger partial charge in [0.15, 0.2) is 0 Å². The smallest absolute Gasteiger partial charge is 0.319 e. The molecule has 1 N–H and O–H groups in total. The zero-order chi connectivity index (χ0) is 21.0. The standard InChI is InChI=1S/C21H16Cl2N2O3S/c1-28-21(27)18-17(13-5-3-2-4-6-13)14(10-24)20(25-19(18)26)29-11-12-7-8-15(22)16(23)9-12/h2-9,17-18H,11H2,1H3,(H,25,26)/t17-,18+/m0/s1. The van der Waals surface area contributed by atoms with E-state index in [-0.39, 0.29) is 0 Å². The van der Waals surface area contributed by atoms with Crippen molar-refractivity contribution in [3.8, 4) is 6.07 Å². The Morgan fingerprint density at radius 2 is 1.93 bits per heavy atom. The molecule has 0 saturated heterocycles. The second-order valence-corrected chi connectivity index (χ2v) is 8.07. The summed E-state index contributed by atoms with van der Waals surface area (Å²) in [7, 11) is 1.22. The fourth-order valence-electron chi connectivity index (χ4n) is 3.12. The molecular formula is C21H16Cl2N2O3S. The highest BCUT2D eigenvalue weighted by Crippen LogP contribution is 2.40. The van der Waals surface area contributed by atoms with E-state index in [1.54, 1.807) is 36.4 Å². The van der Waals surface area contributed by atoms with Crippen LogP contribution >= 0.6 is 35.0 Å². The molecule has 2 atom stereocenters. The van der Waals surface area contributed by atoms with Crippen LogP contribution in [-0.4, -0.2) is 19.0 Å². The van der Waals surface area contributed by atoms with Crippen molar-refractivity contribution >= 4 is 46.8 Å². The molecule has 0 spiro atoms. The zero-order valence-electron chi connectivity index (χ0n) is 15.3. The van der Waals surface area contributed by atoms with Crippen molar-refractivity contribution < 1.29 is 14.3 Å². The molecule has 5 nitrogen and oxygen atoms in total. The first kappa shape index (κ1) is 21.3. The highest BCUT2D eigenvalue weighted by Gasteiger charge is 2.44. The summed E-state index contributed by atoms with van der Waals surface area (Å²) in [6.45, 7) is 0. The van der Waals surface area contributed by atoms with E-state index < -0.39 is 23.7 Å². The van der Waals surface area contributed by atoms with Crippen LogP contribution in [-0.2, 0) is 20.1 Å². The van der Waals surface area contributed by atoms with E-state index in [0.717, 1.165) is 5.56 Å². The molecule has 1 aliphatic heterocycles. The van der Waals surface area contributed by atoms with Crippen LogP contribution in [0, 0.1) is 17.2 Å². The summed E-state index contributed by atoms with van der Waals surface area (Å²) in [5.74, 6) is -2.58. The number of carbonyl (C=O) groups excluding carboxylic acids is 2. The van der Waals surface area contributed by atoms with Crippen LogP contribution in [0.2, 0.25) is 10.0 Å². The highest BCUT2D eigenvalue weighted by atomic mass is 35.5. The lowest BCUT2D eigenvalue weighted by molar-refractivity contribution is -0.150. The number of carbonyl (C=O) groups is 2. The van der Waals surface area contributed by atoms with Crippen LogP contribution < -0.4 is 5.32 Å². The minimum atomic E-state index is -1.13. The molecule has 0 aromatic heterocycles. The predicted molar refractivity (Wildman–Crippen MR) is 113 cm³/mol. The Balaban J connectivity index is 1.99. The van der Waals surface area contributed by atoms with Crippen LogP contribution in [0.4, 0.5) is 0 Å². The van der Waals surface area contributed by atoms with Gasteiger partial charge in [0.2, 0.25) is 5.91 Å². The van der Waals surface area contributed by atoms with Gasteiger partial charge >= 0.3 is 5.97 Å². The lowest BCUT2D eigenvalue weighted by atomic mass is 9.78. The molecule has 2 aromatic rings. The molecule has 29 heavy (non-hydrogen) atoms. The fourth-order valence-corrected chi connectivity index (χ4v) is 4.44. The van der Waals surface area contributed by atoms with Crippen molar-refractivity contribution in [2.24, 2.45) is 5.92 Å². The van der Waals surface area contributed by atoms with E-state index in [0.29, 0.717) is 32.0 Å². The van der Waals surface area contributed by atoms with Crippen molar-refractivity contribution in [1.29, 1.82) is 5.26 Å². The van der Waals surface area contributed by atoms with Gasteiger partial charge in [0.05, 0.1) is 33.8 Å². The topological polar surface area (TPSA) is 79.2 Å². The molecular weight excluding hydrogens is 431 g/mol. The maximum absolute atomic E-state index is 12.8. The average Bonchev–Trinajstić information content (AvgIpc) is 2.74. The van der Waals surface area contributed by atoms with Crippen molar-refractivity contribution in [2.45, 2.75) is 11.7 Å². The number of hydrogen-bond donors (Lipinski definition) is 1. The normalized spacial score (nSPS) is 18.8. The van der Waals surface area contributed by atoms with Gasteiger partial charge in [-0.15, -0.1) is 11.8 Å². The zero-order valence-corrected chi connectivity index (χ0v) is 17.6. The van der Waals surface area contributed by atoms with Crippen LogP contribution in [0.3, 0.4) is 0 Å². The van der Waals surface area contributed by atoms with Gasteiger partial charge < -0.3 is 10.1 Å². The van der Waals surface area contributed by atoms with E-state index in [1.807, 2.05) is 12.1 Å². The quantitative estimate of drug-likeness (QED) is 0.533. The SMILES string of the molecule is COC(=O)[C@H]1C(=O)NC(SCc2ccc(Cl)c(Cl)c2)=C(C#N)[C@@H]1c1ccccc1. The molecule has 0 unspecified atom stereocenters. The molecule has 2 aromatic carbocycles. The van der Waals surface area contributed by atoms with Crippen molar-refractivity contribution in [1.82, 2.24) is 5.32 Å². The number of halogens is 2. The lowest BCUT2D eigenvalue weighted by Crippen LogP contribution is -2.44. The van der Waals surface area contributed by atoms with Gasteiger partial charge in [0.25, 0.3) is 0 Å². The summed E-state index contributed by atoms with van der Waals surface area (Å²) in [5, 5.41) is 13.9. The Hall–Kier alpha value is -2.46. The number of allylic oxidation sites excluding steroid dienone is 1. The van der Waals surface area contributed by atoms with Gasteiger partial charge in [-0.2, -0.15) is 5.26 Å². The van der Waals surface area contributed by atoms with Crippen molar-refractivity contribution in [3.05, 3.63) is 80.3 Å². The molecule has 0 aliphatic carbocycles. The summed E-state index contributed by atoms with van der Waals surface area (Å²) in [4.78, 5) is 25.1. The number of hydrogen-bond acceptors (Lipinski definition) is 5. The van der Waals surface area contributed by atoms with E-state index in [4.69, 9.17) is 27.9 Å². The minimum absolute atomic E-state index is 0.316. The minimum Gasteiger partial charge on any atom is -0.468 e. The third-order valence-electron chi connectivity index (χ3n) is 4.51. The Morgan fingerprint density at radius 1 is 1.21 bits per heavy atom. The van der Waals surface area contributed by atoms with Gasteiger partial charge in [-0.05, 0) is 23.3 Å². The third-order valence-corrected chi connectivity index (χ3v) is 6.34. The first-order valence-electron chi connectivity index (χ1n) is 8.61. The Kier molecular flexibility index (Phi) is 6.86. The number of nitrogens with zero attached hydrogens (tertiary/aromatic N) is 1. The van der Waals surface area contributed by atoms with Crippen LogP contribution in [0.5, 0.6) is 0 Å². The average molecular weight is 447 g/mol. The summed E-state index contributed by atoms with van der Waals surface area (Å²) in [5.41, 5.74) is 1.90. The number of nitrogens with one attached hydrogen (secondary N) is 1. The molecule has 8 heteroatoms. The first-order valence-corrected chi connectivity index (χ1v) is 10.3. The number of ether oxygens (including phenoxy) is 1. The molecule has 0 radical (unpaired) electrons.